The summed E-state index contributed by atoms with van der Waals surface area (Å²) in [7, 11) is 0. The molecule has 0 saturated carbocycles. The summed E-state index contributed by atoms with van der Waals surface area (Å²) in [6.45, 7) is 13.0. The predicted molar refractivity (Wildman–Crippen MR) is 76.5 cm³/mol. The van der Waals surface area contributed by atoms with Gasteiger partial charge in [-0.3, -0.25) is 5.32 Å². The van der Waals surface area contributed by atoms with Crippen LogP contribution < -0.4 is 16.8 Å². The van der Waals surface area contributed by atoms with E-state index in [1.54, 1.807) is 0 Å². The molecule has 17 heavy (non-hydrogen) atoms. The largest absolute Gasteiger partial charge is 0.313 e. The van der Waals surface area contributed by atoms with Crippen molar-refractivity contribution in [3.05, 3.63) is 0 Å². The Hall–Kier alpha value is -0.120. The van der Waals surface area contributed by atoms with Gasteiger partial charge in [-0.25, -0.2) is 0 Å². The van der Waals surface area contributed by atoms with Crippen LogP contribution in [0.15, 0.2) is 0 Å². The third kappa shape index (κ3) is 3.94. The maximum atomic E-state index is 6.51. The van der Waals surface area contributed by atoms with E-state index in [4.69, 9.17) is 11.5 Å². The van der Waals surface area contributed by atoms with Crippen LogP contribution in [-0.2, 0) is 0 Å². The molecule has 0 rings (SSSR count). The molecule has 0 saturated heterocycles. The van der Waals surface area contributed by atoms with Gasteiger partial charge in [0.05, 0.1) is 11.3 Å². The van der Waals surface area contributed by atoms with Gasteiger partial charge in [-0.1, -0.05) is 54.4 Å². The van der Waals surface area contributed by atoms with E-state index >= 15 is 0 Å². The lowest BCUT2D eigenvalue weighted by molar-refractivity contribution is 0.0989. The van der Waals surface area contributed by atoms with E-state index in [9.17, 15) is 0 Å². The highest BCUT2D eigenvalue weighted by Crippen LogP contribution is 2.26. The summed E-state index contributed by atoms with van der Waals surface area (Å²) in [6.07, 6.45) is 3.93. The topological polar surface area (TPSA) is 64.1 Å². The second kappa shape index (κ2) is 6.72. The Morgan fingerprint density at radius 1 is 0.824 bits per heavy atom. The van der Waals surface area contributed by atoms with Gasteiger partial charge in [0.25, 0.3) is 0 Å². The fraction of sp³-hybridized carbons (Fsp3) is 1.00. The molecule has 0 bridgehead atoms. The van der Waals surface area contributed by atoms with Gasteiger partial charge in [0, 0.05) is 0 Å². The Kier molecular flexibility index (Phi) is 6.67. The molecular weight excluding hydrogens is 210 g/mol. The molecule has 0 amide bonds. The summed E-state index contributed by atoms with van der Waals surface area (Å²) in [4.78, 5) is 0. The van der Waals surface area contributed by atoms with E-state index in [1.807, 2.05) is 0 Å². The second-order valence-electron chi connectivity index (χ2n) is 5.53. The van der Waals surface area contributed by atoms with Gasteiger partial charge < -0.3 is 11.5 Å². The number of hydrogen-bond donors (Lipinski definition) is 3. The van der Waals surface area contributed by atoms with Gasteiger partial charge in [-0.15, -0.1) is 0 Å². The van der Waals surface area contributed by atoms with E-state index in [0.717, 1.165) is 25.7 Å². The first-order chi connectivity index (χ1) is 7.79. The minimum atomic E-state index is -0.358. The summed E-state index contributed by atoms with van der Waals surface area (Å²) in [5.74, 6) is 0.845. The van der Waals surface area contributed by atoms with Crippen LogP contribution in [0.25, 0.3) is 0 Å². The molecule has 4 unspecified atom stereocenters. The van der Waals surface area contributed by atoms with Gasteiger partial charge in [0.2, 0.25) is 0 Å². The van der Waals surface area contributed by atoms with E-state index in [-0.39, 0.29) is 11.3 Å². The maximum Gasteiger partial charge on any atom is 0.0699 e. The van der Waals surface area contributed by atoms with Gasteiger partial charge in [0.15, 0.2) is 0 Å². The van der Waals surface area contributed by atoms with Crippen molar-refractivity contribution >= 4 is 0 Å². The summed E-state index contributed by atoms with van der Waals surface area (Å²) >= 11 is 0. The van der Waals surface area contributed by atoms with Crippen molar-refractivity contribution in [1.29, 1.82) is 0 Å². The molecule has 0 spiro atoms. The van der Waals surface area contributed by atoms with Gasteiger partial charge >= 0.3 is 0 Å². The van der Waals surface area contributed by atoms with Crippen molar-refractivity contribution in [2.75, 3.05) is 0 Å². The van der Waals surface area contributed by atoms with E-state index < -0.39 is 0 Å². The Labute approximate surface area is 108 Å². The van der Waals surface area contributed by atoms with Crippen LogP contribution in [0.3, 0.4) is 0 Å². The van der Waals surface area contributed by atoms with Gasteiger partial charge in [-0.2, -0.15) is 0 Å². The zero-order chi connectivity index (χ0) is 13.7. The summed E-state index contributed by atoms with van der Waals surface area (Å²) in [5.41, 5.74) is 12.3. The zero-order valence-electron chi connectivity index (χ0n) is 12.6. The zero-order valence-corrected chi connectivity index (χ0v) is 12.6. The molecule has 0 aliphatic rings. The van der Waals surface area contributed by atoms with Crippen molar-refractivity contribution in [1.82, 2.24) is 5.32 Å². The van der Waals surface area contributed by atoms with E-state index in [0.29, 0.717) is 11.8 Å². The lowest BCUT2D eigenvalue weighted by atomic mass is 9.83. The monoisotopic (exact) mass is 243 g/mol. The van der Waals surface area contributed by atoms with Gasteiger partial charge in [0.1, 0.15) is 0 Å². The van der Waals surface area contributed by atoms with Gasteiger partial charge in [-0.05, 0) is 24.7 Å². The first-order valence-corrected chi connectivity index (χ1v) is 7.16. The molecule has 0 aromatic rings. The minimum absolute atomic E-state index is 0.358. The Balaban J connectivity index is 4.96. The fourth-order valence-corrected chi connectivity index (χ4v) is 2.28. The molecular formula is C14H33N3. The van der Waals surface area contributed by atoms with Crippen LogP contribution in [0.5, 0.6) is 0 Å². The molecule has 104 valence electrons. The predicted octanol–water partition coefficient (Wildman–Crippen LogP) is 2.80. The number of nitrogens with two attached hydrogens (primary N) is 2. The Morgan fingerprint density at radius 2 is 1.12 bits per heavy atom. The SMILES string of the molecule is CCC(C)C(N)(CC)NC(N)(CC)C(C)CC. The van der Waals surface area contributed by atoms with Crippen LogP contribution in [0, 0.1) is 11.8 Å². The molecule has 3 heteroatoms. The average Bonchev–Trinajstić information content (AvgIpc) is 2.35. The molecule has 5 N–H and O–H groups in total. The van der Waals surface area contributed by atoms with Crippen molar-refractivity contribution in [2.24, 2.45) is 23.3 Å². The first kappa shape index (κ1) is 16.9. The molecule has 0 aliphatic heterocycles. The smallest absolute Gasteiger partial charge is 0.0699 e. The average molecular weight is 243 g/mol. The van der Waals surface area contributed by atoms with Crippen molar-refractivity contribution in [2.45, 2.75) is 78.6 Å². The molecule has 4 atom stereocenters. The van der Waals surface area contributed by atoms with Crippen molar-refractivity contribution < 1.29 is 0 Å². The molecule has 0 aromatic carbocycles. The fourth-order valence-electron chi connectivity index (χ4n) is 2.28. The van der Waals surface area contributed by atoms with Crippen LogP contribution in [-0.4, -0.2) is 11.3 Å². The third-order valence-electron chi connectivity index (χ3n) is 4.62. The van der Waals surface area contributed by atoms with E-state index in [2.05, 4.69) is 46.9 Å². The van der Waals surface area contributed by atoms with Crippen LogP contribution in [0.4, 0.5) is 0 Å². The number of nitrogens with one attached hydrogen (secondary N) is 1. The molecule has 0 radical (unpaired) electrons. The van der Waals surface area contributed by atoms with Crippen molar-refractivity contribution in [3.8, 4) is 0 Å². The molecule has 0 aliphatic carbocycles. The molecule has 3 nitrogen and oxygen atoms in total. The second-order valence-corrected chi connectivity index (χ2v) is 5.53. The summed E-state index contributed by atoms with van der Waals surface area (Å²) in [6, 6.07) is 0. The highest BCUT2D eigenvalue weighted by Gasteiger charge is 2.38. The standard InChI is InChI=1S/C14H33N3/c1-7-11(5)13(15,9-3)17-14(16,10-4)12(6)8-2/h11-12,17H,7-10,15-16H2,1-6H3. The quantitative estimate of drug-likeness (QED) is 0.574. The Morgan fingerprint density at radius 3 is 1.29 bits per heavy atom. The minimum Gasteiger partial charge on any atom is -0.313 e. The highest BCUT2D eigenvalue weighted by molar-refractivity contribution is 4.95. The van der Waals surface area contributed by atoms with Crippen LogP contribution >= 0.6 is 0 Å². The van der Waals surface area contributed by atoms with Crippen LogP contribution in [0.1, 0.15) is 67.2 Å². The third-order valence-corrected chi connectivity index (χ3v) is 4.62. The van der Waals surface area contributed by atoms with E-state index in [1.165, 1.54) is 0 Å². The molecule has 0 fully saturated rings. The number of hydrogen-bond acceptors (Lipinski definition) is 3. The van der Waals surface area contributed by atoms with Crippen molar-refractivity contribution in [3.63, 3.8) is 0 Å². The normalized spacial score (nSPS) is 22.6. The Bertz CT molecular complexity index is 198. The highest BCUT2D eigenvalue weighted by atomic mass is 15.2. The lowest BCUT2D eigenvalue weighted by Crippen LogP contribution is -2.71. The maximum absolute atomic E-state index is 6.51. The molecule has 0 heterocycles. The summed E-state index contributed by atoms with van der Waals surface area (Å²) in [5, 5.41) is 3.56. The lowest BCUT2D eigenvalue weighted by Gasteiger charge is -2.46. The molecule has 0 aromatic heterocycles. The van der Waals surface area contributed by atoms with Crippen LogP contribution in [0.2, 0.25) is 0 Å². The number of rotatable bonds is 8. The summed E-state index contributed by atoms with van der Waals surface area (Å²) < 4.78 is 0. The first-order valence-electron chi connectivity index (χ1n) is 7.16.